The van der Waals surface area contributed by atoms with Crippen molar-refractivity contribution in [3.63, 3.8) is 0 Å². The van der Waals surface area contributed by atoms with Gasteiger partial charge in [-0.2, -0.15) is 0 Å². The molecule has 0 bridgehead atoms. The summed E-state index contributed by atoms with van der Waals surface area (Å²) < 4.78 is 6.19. The molecule has 1 N–H and O–H groups in total. The zero-order valence-electron chi connectivity index (χ0n) is 9.54. The normalized spacial score (nSPS) is 21.2. The molecule has 0 spiro atoms. The number of cyclic esters (lactones) is 1. The van der Waals surface area contributed by atoms with Crippen molar-refractivity contribution < 1.29 is 14.6 Å². The zero-order chi connectivity index (χ0) is 12.1. The van der Waals surface area contributed by atoms with Crippen LogP contribution in [0, 0.1) is 5.92 Å². The molecule has 2 rings (SSSR count). The molecule has 0 saturated carbocycles. The van der Waals surface area contributed by atoms with Crippen molar-refractivity contribution in [1.29, 1.82) is 0 Å². The molecule has 1 aromatic rings. The summed E-state index contributed by atoms with van der Waals surface area (Å²) in [5.74, 6) is 0.0832. The average molecular weight is 299 g/mol. The van der Waals surface area contributed by atoms with Gasteiger partial charge in [0.15, 0.2) is 0 Å². The molecule has 1 aliphatic rings. The van der Waals surface area contributed by atoms with E-state index in [1.165, 1.54) is 4.46 Å². The Bertz CT molecular complexity index is 366. The maximum absolute atomic E-state index is 10.9. The topological polar surface area (TPSA) is 46.5 Å². The molecule has 4 heteroatoms. The van der Waals surface area contributed by atoms with E-state index in [0.717, 1.165) is 5.32 Å². The van der Waals surface area contributed by atoms with Crippen molar-refractivity contribution in [2.45, 2.75) is 24.3 Å². The third-order valence-corrected chi connectivity index (χ3v) is 5.15. The van der Waals surface area contributed by atoms with Crippen molar-refractivity contribution in [3.05, 3.63) is 30.3 Å². The molecule has 3 nitrogen and oxygen atoms in total. The van der Waals surface area contributed by atoms with Crippen LogP contribution in [0.2, 0.25) is 5.32 Å². The van der Waals surface area contributed by atoms with Crippen LogP contribution in [-0.4, -0.2) is 38.7 Å². The van der Waals surface area contributed by atoms with Gasteiger partial charge >= 0.3 is 107 Å². The number of rotatable bonds is 5. The second-order valence-electron chi connectivity index (χ2n) is 4.27. The molecule has 1 fully saturated rings. The van der Waals surface area contributed by atoms with Crippen LogP contribution in [0.5, 0.6) is 0 Å². The fourth-order valence-corrected chi connectivity index (χ4v) is 3.70. The van der Waals surface area contributed by atoms with E-state index in [1.54, 1.807) is 0 Å². The summed E-state index contributed by atoms with van der Waals surface area (Å²) in [7, 11) is 0. The SMILES string of the molecule is O=C1C[C@@H](C[C@@H](O)C[Se]c2ccccc2)CO1. The van der Waals surface area contributed by atoms with E-state index in [9.17, 15) is 9.90 Å². The van der Waals surface area contributed by atoms with E-state index in [2.05, 4.69) is 12.1 Å². The van der Waals surface area contributed by atoms with E-state index in [0.29, 0.717) is 34.4 Å². The molecule has 0 radical (unpaired) electrons. The summed E-state index contributed by atoms with van der Waals surface area (Å²) in [5.41, 5.74) is 0. The van der Waals surface area contributed by atoms with Gasteiger partial charge in [-0.1, -0.05) is 0 Å². The second-order valence-corrected chi connectivity index (χ2v) is 6.56. The molecule has 1 heterocycles. The van der Waals surface area contributed by atoms with Crippen molar-refractivity contribution in [2.75, 3.05) is 6.61 Å². The summed E-state index contributed by atoms with van der Waals surface area (Å²) >= 11 is 0.310. The van der Waals surface area contributed by atoms with Crippen LogP contribution >= 0.6 is 0 Å². The number of aliphatic hydroxyl groups is 1. The van der Waals surface area contributed by atoms with Crippen LogP contribution in [0.1, 0.15) is 12.8 Å². The number of ether oxygens (including phenoxy) is 1. The van der Waals surface area contributed by atoms with Gasteiger partial charge in [-0.15, -0.1) is 0 Å². The fourth-order valence-electron chi connectivity index (χ4n) is 1.88. The number of hydrogen-bond acceptors (Lipinski definition) is 3. The van der Waals surface area contributed by atoms with Crippen LogP contribution in [-0.2, 0) is 9.53 Å². The molecule has 0 aliphatic carbocycles. The first-order valence-corrected chi connectivity index (χ1v) is 7.82. The minimum atomic E-state index is -0.310. The minimum absolute atomic E-state index is 0.129. The Labute approximate surface area is 107 Å². The summed E-state index contributed by atoms with van der Waals surface area (Å²) in [5, 5.41) is 10.7. The molecule has 2 atom stereocenters. The standard InChI is InChI=1S/C13H16O3Se/c14-11(6-10-7-13(15)16-8-10)9-17-12-4-2-1-3-5-12/h1-5,10-11,14H,6-9H2/t10-,11-/m1/s1. The van der Waals surface area contributed by atoms with E-state index >= 15 is 0 Å². The van der Waals surface area contributed by atoms with Crippen LogP contribution in [0.3, 0.4) is 0 Å². The predicted octanol–water partition coefficient (Wildman–Crippen LogP) is 0.748. The number of aliphatic hydroxyl groups excluding tert-OH is 1. The third kappa shape index (κ3) is 4.15. The Balaban J connectivity index is 1.71. The fraction of sp³-hybridized carbons (Fsp3) is 0.462. The first-order chi connectivity index (χ1) is 8.24. The van der Waals surface area contributed by atoms with Gasteiger partial charge in [-0.25, -0.2) is 0 Å². The van der Waals surface area contributed by atoms with E-state index < -0.39 is 0 Å². The third-order valence-electron chi connectivity index (χ3n) is 2.73. The Morgan fingerprint density at radius 2 is 2.18 bits per heavy atom. The molecule has 0 unspecified atom stereocenters. The Morgan fingerprint density at radius 3 is 2.82 bits per heavy atom. The molecule has 1 aliphatic heterocycles. The van der Waals surface area contributed by atoms with Gasteiger partial charge in [0, 0.05) is 0 Å². The van der Waals surface area contributed by atoms with Gasteiger partial charge in [0.1, 0.15) is 0 Å². The quantitative estimate of drug-likeness (QED) is 0.645. The monoisotopic (exact) mass is 300 g/mol. The molecule has 1 aromatic carbocycles. The molecule has 92 valence electrons. The van der Waals surface area contributed by atoms with Crippen LogP contribution in [0.25, 0.3) is 0 Å². The number of hydrogen-bond donors (Lipinski definition) is 1. The molecular weight excluding hydrogens is 283 g/mol. The number of carbonyl (C=O) groups excluding carboxylic acids is 1. The summed E-state index contributed by atoms with van der Waals surface area (Å²) in [6.07, 6.45) is 0.838. The zero-order valence-corrected chi connectivity index (χ0v) is 11.3. The Kier molecular flexibility index (Phi) is 4.60. The van der Waals surface area contributed by atoms with Crippen LogP contribution in [0.4, 0.5) is 0 Å². The van der Waals surface area contributed by atoms with Gasteiger partial charge in [-0.05, 0) is 0 Å². The Hall–Kier alpha value is -0.831. The molecule has 0 aromatic heterocycles. The van der Waals surface area contributed by atoms with E-state index in [1.807, 2.05) is 18.2 Å². The first-order valence-electron chi connectivity index (χ1n) is 5.75. The summed E-state index contributed by atoms with van der Waals surface area (Å²) in [4.78, 5) is 10.9. The summed E-state index contributed by atoms with van der Waals surface area (Å²) in [6, 6.07) is 10.2. The number of esters is 1. The van der Waals surface area contributed by atoms with Gasteiger partial charge in [0.25, 0.3) is 0 Å². The van der Waals surface area contributed by atoms with Crippen molar-refractivity contribution >= 4 is 25.4 Å². The van der Waals surface area contributed by atoms with Crippen LogP contribution < -0.4 is 4.46 Å². The average Bonchev–Trinajstić information content (AvgIpc) is 2.73. The van der Waals surface area contributed by atoms with Gasteiger partial charge in [-0.3, -0.25) is 0 Å². The predicted molar refractivity (Wildman–Crippen MR) is 66.3 cm³/mol. The van der Waals surface area contributed by atoms with Gasteiger partial charge in [0.2, 0.25) is 0 Å². The van der Waals surface area contributed by atoms with E-state index in [-0.39, 0.29) is 18.0 Å². The molecule has 0 amide bonds. The Morgan fingerprint density at radius 1 is 1.41 bits per heavy atom. The maximum atomic E-state index is 10.9. The summed E-state index contributed by atoms with van der Waals surface area (Å²) in [6.45, 7) is 0.480. The van der Waals surface area contributed by atoms with Crippen LogP contribution in [0.15, 0.2) is 30.3 Å². The van der Waals surface area contributed by atoms with Crippen molar-refractivity contribution in [2.24, 2.45) is 5.92 Å². The van der Waals surface area contributed by atoms with Gasteiger partial charge < -0.3 is 0 Å². The van der Waals surface area contributed by atoms with E-state index in [4.69, 9.17) is 4.74 Å². The number of benzene rings is 1. The van der Waals surface area contributed by atoms with Crippen molar-refractivity contribution in [3.8, 4) is 0 Å². The number of carbonyl (C=O) groups is 1. The first kappa shape index (κ1) is 12.6. The second kappa shape index (κ2) is 6.20. The molecule has 1 saturated heterocycles. The molecular formula is C13H16O3Se. The van der Waals surface area contributed by atoms with Gasteiger partial charge in [0.05, 0.1) is 0 Å². The van der Waals surface area contributed by atoms with Crippen molar-refractivity contribution in [1.82, 2.24) is 0 Å². The molecule has 17 heavy (non-hydrogen) atoms.